The van der Waals surface area contributed by atoms with E-state index in [0.717, 1.165) is 6.07 Å². The number of carbonyl (C=O) groups is 1. The minimum absolute atomic E-state index is 0.0538. The van der Waals surface area contributed by atoms with Crippen LogP contribution in [0.15, 0.2) is 59.0 Å². The van der Waals surface area contributed by atoms with Crippen molar-refractivity contribution in [2.75, 3.05) is 5.32 Å². The van der Waals surface area contributed by atoms with Gasteiger partial charge in [-0.25, -0.2) is 8.78 Å². The Kier molecular flexibility index (Phi) is 5.00. The summed E-state index contributed by atoms with van der Waals surface area (Å²) in [6.07, 6.45) is 0. The summed E-state index contributed by atoms with van der Waals surface area (Å²) in [4.78, 5) is 12.1. The van der Waals surface area contributed by atoms with E-state index in [0.29, 0.717) is 11.5 Å². The predicted molar refractivity (Wildman–Crippen MR) is 88.8 cm³/mol. The van der Waals surface area contributed by atoms with E-state index < -0.39 is 11.7 Å². The predicted octanol–water partition coefficient (Wildman–Crippen LogP) is 5.04. The van der Waals surface area contributed by atoms with E-state index in [-0.39, 0.29) is 28.9 Å². The fraction of sp³-hybridized carbons (Fsp3) is 0.0556. The Morgan fingerprint density at radius 1 is 1.04 bits per heavy atom. The number of hydrogen-bond donors (Lipinski definition) is 1. The van der Waals surface area contributed by atoms with Crippen molar-refractivity contribution in [2.24, 2.45) is 0 Å². The molecule has 0 saturated carbocycles. The third kappa shape index (κ3) is 4.36. The van der Waals surface area contributed by atoms with Crippen LogP contribution in [0.1, 0.15) is 16.3 Å². The van der Waals surface area contributed by atoms with E-state index in [1.54, 1.807) is 6.07 Å². The SMILES string of the molecule is O=C(Nc1ccc(F)cc1Cl)c1ccc(COc2ccc(F)cc2)o1. The van der Waals surface area contributed by atoms with E-state index in [1.165, 1.54) is 42.5 Å². The van der Waals surface area contributed by atoms with Gasteiger partial charge in [-0.15, -0.1) is 0 Å². The third-order valence-corrected chi connectivity index (χ3v) is 3.57. The minimum Gasteiger partial charge on any atom is -0.486 e. The first-order valence-electron chi connectivity index (χ1n) is 7.25. The maximum absolute atomic E-state index is 13.0. The van der Waals surface area contributed by atoms with Gasteiger partial charge in [0.25, 0.3) is 5.91 Å². The summed E-state index contributed by atoms with van der Waals surface area (Å²) in [6.45, 7) is 0.0796. The van der Waals surface area contributed by atoms with Crippen molar-refractivity contribution < 1.29 is 22.7 Å². The fourth-order valence-corrected chi connectivity index (χ4v) is 2.25. The standard InChI is InChI=1S/C18H12ClF2NO3/c19-15-9-12(21)3-7-16(15)22-18(23)17-8-6-14(25-17)10-24-13-4-1-11(20)2-5-13/h1-9H,10H2,(H,22,23). The first-order valence-corrected chi connectivity index (χ1v) is 7.62. The van der Waals surface area contributed by atoms with Crippen molar-refractivity contribution in [2.45, 2.75) is 6.61 Å². The molecule has 25 heavy (non-hydrogen) atoms. The monoisotopic (exact) mass is 363 g/mol. The lowest BCUT2D eigenvalue weighted by Crippen LogP contribution is -2.11. The summed E-state index contributed by atoms with van der Waals surface area (Å²) < 4.78 is 36.7. The molecule has 0 fully saturated rings. The molecule has 2 aromatic carbocycles. The summed E-state index contributed by atoms with van der Waals surface area (Å²) >= 11 is 5.86. The van der Waals surface area contributed by atoms with Gasteiger partial charge in [-0.2, -0.15) is 0 Å². The van der Waals surface area contributed by atoms with Gasteiger partial charge in [0.1, 0.15) is 29.8 Å². The maximum Gasteiger partial charge on any atom is 0.291 e. The first kappa shape index (κ1) is 17.0. The molecule has 0 aliphatic heterocycles. The van der Waals surface area contributed by atoms with Crippen molar-refractivity contribution in [3.05, 3.63) is 82.8 Å². The molecule has 0 atom stereocenters. The lowest BCUT2D eigenvalue weighted by Gasteiger charge is -2.06. The quantitative estimate of drug-likeness (QED) is 0.690. The van der Waals surface area contributed by atoms with Crippen LogP contribution in [0.3, 0.4) is 0 Å². The van der Waals surface area contributed by atoms with Crippen molar-refractivity contribution in [3.8, 4) is 5.75 Å². The highest BCUT2D eigenvalue weighted by Crippen LogP contribution is 2.23. The van der Waals surface area contributed by atoms with E-state index in [4.69, 9.17) is 20.8 Å². The molecule has 0 radical (unpaired) electrons. The fourth-order valence-electron chi connectivity index (χ4n) is 2.04. The molecule has 3 rings (SSSR count). The first-order chi connectivity index (χ1) is 12.0. The van der Waals surface area contributed by atoms with Gasteiger partial charge < -0.3 is 14.5 Å². The Labute approximate surface area is 147 Å². The second-order valence-corrected chi connectivity index (χ2v) is 5.49. The van der Waals surface area contributed by atoms with Gasteiger partial charge in [-0.3, -0.25) is 4.79 Å². The van der Waals surface area contributed by atoms with Crippen LogP contribution in [0, 0.1) is 11.6 Å². The average molecular weight is 364 g/mol. The molecule has 1 aromatic heterocycles. The number of hydrogen-bond acceptors (Lipinski definition) is 3. The largest absolute Gasteiger partial charge is 0.486 e. The Bertz CT molecular complexity index is 894. The summed E-state index contributed by atoms with van der Waals surface area (Å²) in [6, 6.07) is 12.3. The van der Waals surface area contributed by atoms with Gasteiger partial charge in [0.05, 0.1) is 10.7 Å². The number of furan rings is 1. The zero-order valence-electron chi connectivity index (χ0n) is 12.8. The summed E-state index contributed by atoms with van der Waals surface area (Å²) in [7, 11) is 0. The van der Waals surface area contributed by atoms with Crippen LogP contribution in [0.25, 0.3) is 0 Å². The van der Waals surface area contributed by atoms with Crippen LogP contribution in [0.4, 0.5) is 14.5 Å². The van der Waals surface area contributed by atoms with E-state index in [1.807, 2.05) is 0 Å². The van der Waals surface area contributed by atoms with Crippen LogP contribution in [-0.2, 0) is 6.61 Å². The number of nitrogens with one attached hydrogen (secondary N) is 1. The normalized spacial score (nSPS) is 10.5. The Morgan fingerprint density at radius 2 is 1.76 bits per heavy atom. The van der Waals surface area contributed by atoms with Crippen molar-refractivity contribution in [1.29, 1.82) is 0 Å². The molecule has 3 aromatic rings. The second kappa shape index (κ2) is 7.36. The van der Waals surface area contributed by atoms with Gasteiger partial charge in [-0.05, 0) is 54.6 Å². The van der Waals surface area contributed by atoms with Gasteiger partial charge in [-0.1, -0.05) is 11.6 Å². The van der Waals surface area contributed by atoms with Crippen molar-refractivity contribution in [1.82, 2.24) is 0 Å². The lowest BCUT2D eigenvalue weighted by molar-refractivity contribution is 0.0992. The molecule has 7 heteroatoms. The van der Waals surface area contributed by atoms with Crippen LogP contribution in [0.5, 0.6) is 5.75 Å². The topological polar surface area (TPSA) is 51.5 Å². The minimum atomic E-state index is -0.526. The highest BCUT2D eigenvalue weighted by molar-refractivity contribution is 6.33. The molecule has 1 heterocycles. The van der Waals surface area contributed by atoms with Crippen LogP contribution in [-0.4, -0.2) is 5.91 Å². The number of anilines is 1. The summed E-state index contributed by atoms with van der Waals surface area (Å²) in [5.74, 6) is -0.439. The van der Waals surface area contributed by atoms with Gasteiger partial charge in [0.15, 0.2) is 5.76 Å². The molecule has 0 aliphatic rings. The number of ether oxygens (including phenoxy) is 1. The van der Waals surface area contributed by atoms with Gasteiger partial charge >= 0.3 is 0 Å². The molecule has 0 saturated heterocycles. The maximum atomic E-state index is 13.0. The van der Waals surface area contributed by atoms with E-state index in [2.05, 4.69) is 5.32 Å². The molecular formula is C18H12ClF2NO3. The molecule has 1 N–H and O–H groups in total. The lowest BCUT2D eigenvalue weighted by atomic mass is 10.3. The summed E-state index contributed by atoms with van der Waals surface area (Å²) in [5.41, 5.74) is 0.272. The highest BCUT2D eigenvalue weighted by Gasteiger charge is 2.13. The Balaban J connectivity index is 1.62. The molecule has 0 spiro atoms. The molecular weight excluding hydrogens is 352 g/mol. The number of carbonyl (C=O) groups excluding carboxylic acids is 1. The summed E-state index contributed by atoms with van der Waals surface area (Å²) in [5, 5.41) is 2.62. The zero-order chi connectivity index (χ0) is 17.8. The molecule has 0 aliphatic carbocycles. The number of amides is 1. The van der Waals surface area contributed by atoms with Crippen molar-refractivity contribution in [3.63, 3.8) is 0 Å². The molecule has 0 bridgehead atoms. The van der Waals surface area contributed by atoms with Crippen LogP contribution in [0.2, 0.25) is 5.02 Å². The number of benzene rings is 2. The molecule has 0 unspecified atom stereocenters. The number of rotatable bonds is 5. The smallest absolute Gasteiger partial charge is 0.291 e. The molecule has 4 nitrogen and oxygen atoms in total. The Morgan fingerprint density at radius 3 is 2.48 bits per heavy atom. The van der Waals surface area contributed by atoms with Crippen LogP contribution < -0.4 is 10.1 Å². The van der Waals surface area contributed by atoms with Crippen molar-refractivity contribution >= 4 is 23.2 Å². The van der Waals surface area contributed by atoms with E-state index >= 15 is 0 Å². The molecule has 128 valence electrons. The zero-order valence-corrected chi connectivity index (χ0v) is 13.5. The Hall–Kier alpha value is -2.86. The average Bonchev–Trinajstić information content (AvgIpc) is 3.06. The second-order valence-electron chi connectivity index (χ2n) is 5.09. The van der Waals surface area contributed by atoms with Crippen LogP contribution >= 0.6 is 11.6 Å². The van der Waals surface area contributed by atoms with Gasteiger partial charge in [0.2, 0.25) is 0 Å². The molecule has 1 amide bonds. The van der Waals surface area contributed by atoms with Gasteiger partial charge in [0, 0.05) is 0 Å². The van der Waals surface area contributed by atoms with E-state index in [9.17, 15) is 13.6 Å². The highest BCUT2D eigenvalue weighted by atomic mass is 35.5. The number of halogens is 3. The third-order valence-electron chi connectivity index (χ3n) is 3.26.